The Hall–Kier alpha value is -2.40. The largest absolute Gasteiger partial charge is 0.489 e. The van der Waals surface area contributed by atoms with Crippen molar-refractivity contribution in [1.82, 2.24) is 5.32 Å². The van der Waals surface area contributed by atoms with Crippen LogP contribution in [0.3, 0.4) is 0 Å². The maximum absolute atomic E-state index is 13.2. The van der Waals surface area contributed by atoms with Crippen LogP contribution in [0.4, 0.5) is 10.1 Å². The van der Waals surface area contributed by atoms with Gasteiger partial charge in [-0.1, -0.05) is 25.1 Å². The molecule has 1 heterocycles. The van der Waals surface area contributed by atoms with Crippen LogP contribution in [0.25, 0.3) is 0 Å². The Morgan fingerprint density at radius 2 is 2.08 bits per heavy atom. The van der Waals surface area contributed by atoms with Crippen LogP contribution in [-0.4, -0.2) is 19.0 Å². The summed E-state index contributed by atoms with van der Waals surface area (Å²) in [4.78, 5) is 12.3. The molecule has 4 nitrogen and oxygen atoms in total. The first kappa shape index (κ1) is 16.5. The number of hydrogen-bond acceptors (Lipinski definition) is 3. The van der Waals surface area contributed by atoms with E-state index in [1.54, 1.807) is 12.1 Å². The first-order valence-electron chi connectivity index (χ1n) is 8.11. The van der Waals surface area contributed by atoms with Crippen molar-refractivity contribution in [3.63, 3.8) is 0 Å². The van der Waals surface area contributed by atoms with Crippen molar-refractivity contribution in [3.8, 4) is 5.75 Å². The van der Waals surface area contributed by atoms with Gasteiger partial charge in [0.15, 0.2) is 0 Å². The fraction of sp³-hybridized carbons (Fsp3) is 0.316. The molecule has 1 atom stereocenters. The summed E-state index contributed by atoms with van der Waals surface area (Å²) in [6.07, 6.45) is 0. The van der Waals surface area contributed by atoms with Crippen molar-refractivity contribution in [2.75, 3.05) is 18.4 Å². The maximum atomic E-state index is 13.2. The van der Waals surface area contributed by atoms with Crippen molar-refractivity contribution in [1.29, 1.82) is 0 Å². The lowest BCUT2D eigenvalue weighted by molar-refractivity contribution is -0.121. The van der Waals surface area contributed by atoms with Crippen LogP contribution in [0.5, 0.6) is 5.75 Å². The number of benzene rings is 2. The third-order valence-electron chi connectivity index (χ3n) is 4.33. The molecule has 1 aliphatic heterocycles. The summed E-state index contributed by atoms with van der Waals surface area (Å²) in [7, 11) is 0. The zero-order valence-corrected chi connectivity index (χ0v) is 13.6. The Morgan fingerprint density at radius 1 is 1.29 bits per heavy atom. The van der Waals surface area contributed by atoms with Crippen molar-refractivity contribution in [2.24, 2.45) is 11.8 Å². The molecule has 0 aromatic heterocycles. The van der Waals surface area contributed by atoms with Crippen LogP contribution < -0.4 is 15.4 Å². The predicted octanol–water partition coefficient (Wildman–Crippen LogP) is 3.20. The zero-order chi connectivity index (χ0) is 16.9. The third-order valence-corrected chi connectivity index (χ3v) is 4.33. The number of carbonyl (C=O) groups excluding carboxylic acids is 1. The van der Waals surface area contributed by atoms with E-state index in [0.717, 1.165) is 18.7 Å². The highest BCUT2D eigenvalue weighted by molar-refractivity contribution is 5.92. The molecule has 126 valence electrons. The molecule has 1 unspecified atom stereocenters. The van der Waals surface area contributed by atoms with E-state index in [9.17, 15) is 9.18 Å². The molecule has 0 saturated carbocycles. The second-order valence-electron chi connectivity index (χ2n) is 6.14. The van der Waals surface area contributed by atoms with Gasteiger partial charge < -0.3 is 15.4 Å². The highest BCUT2D eigenvalue weighted by atomic mass is 19.1. The molecule has 0 radical (unpaired) electrons. The summed E-state index contributed by atoms with van der Waals surface area (Å²) in [5.41, 5.74) is 1.46. The first-order valence-corrected chi connectivity index (χ1v) is 8.11. The van der Waals surface area contributed by atoms with Gasteiger partial charge in [0.05, 0.1) is 0 Å². The van der Waals surface area contributed by atoms with Gasteiger partial charge >= 0.3 is 0 Å². The smallest absolute Gasteiger partial charge is 0.227 e. The molecular formula is C19H21FN2O2. The minimum absolute atomic E-state index is 0.0174. The van der Waals surface area contributed by atoms with Gasteiger partial charge in [0.25, 0.3) is 0 Å². The Morgan fingerprint density at radius 3 is 2.79 bits per heavy atom. The van der Waals surface area contributed by atoms with E-state index in [1.807, 2.05) is 31.2 Å². The fourth-order valence-corrected chi connectivity index (χ4v) is 2.59. The van der Waals surface area contributed by atoms with Gasteiger partial charge in [0.2, 0.25) is 5.91 Å². The molecule has 1 saturated heterocycles. The van der Waals surface area contributed by atoms with Crippen molar-refractivity contribution in [2.45, 2.75) is 13.5 Å². The van der Waals surface area contributed by atoms with Gasteiger partial charge in [0.1, 0.15) is 18.2 Å². The minimum Gasteiger partial charge on any atom is -0.489 e. The molecule has 1 fully saturated rings. The number of anilines is 1. The summed E-state index contributed by atoms with van der Waals surface area (Å²) in [6, 6.07) is 13.6. The number of halogens is 1. The minimum atomic E-state index is -0.281. The van der Waals surface area contributed by atoms with E-state index in [-0.39, 0.29) is 24.2 Å². The topological polar surface area (TPSA) is 50.4 Å². The van der Waals surface area contributed by atoms with Gasteiger partial charge in [-0.3, -0.25) is 4.79 Å². The van der Waals surface area contributed by atoms with Crippen molar-refractivity contribution < 1.29 is 13.9 Å². The monoisotopic (exact) mass is 328 g/mol. The Kier molecular flexibility index (Phi) is 5.11. The number of ether oxygens (including phenoxy) is 1. The first-order chi connectivity index (χ1) is 11.6. The third kappa shape index (κ3) is 4.11. The van der Waals surface area contributed by atoms with Crippen molar-refractivity contribution in [3.05, 3.63) is 59.9 Å². The average Bonchev–Trinajstić information content (AvgIpc) is 2.52. The molecule has 5 heteroatoms. The lowest BCUT2D eigenvalue weighted by Crippen LogP contribution is -2.48. The molecule has 24 heavy (non-hydrogen) atoms. The fourth-order valence-electron chi connectivity index (χ4n) is 2.59. The Labute approximate surface area is 141 Å². The summed E-state index contributed by atoms with van der Waals surface area (Å²) in [5.74, 6) is 0.746. The van der Waals surface area contributed by atoms with Crippen LogP contribution in [-0.2, 0) is 11.4 Å². The molecule has 1 amide bonds. The maximum Gasteiger partial charge on any atom is 0.227 e. The van der Waals surface area contributed by atoms with E-state index in [4.69, 9.17) is 4.74 Å². The molecule has 3 rings (SSSR count). The standard InChI is InChI=1S/C19H21FN2O2/c1-13(15-10-21-11-15)19(23)22-17-6-3-7-18(9-17)24-12-14-4-2-5-16(20)8-14/h2-9,13,15,21H,10-12H2,1H3,(H,22,23). The van der Waals surface area contributed by atoms with E-state index < -0.39 is 0 Å². The zero-order valence-electron chi connectivity index (χ0n) is 13.6. The molecule has 2 N–H and O–H groups in total. The lowest BCUT2D eigenvalue weighted by Gasteiger charge is -2.31. The quantitative estimate of drug-likeness (QED) is 0.856. The predicted molar refractivity (Wildman–Crippen MR) is 91.3 cm³/mol. The van der Waals surface area contributed by atoms with E-state index in [1.165, 1.54) is 12.1 Å². The van der Waals surface area contributed by atoms with Gasteiger partial charge in [-0.25, -0.2) is 4.39 Å². The normalized spacial score (nSPS) is 15.4. The van der Waals surface area contributed by atoms with Gasteiger partial charge in [-0.05, 0) is 48.8 Å². The lowest BCUT2D eigenvalue weighted by atomic mass is 9.88. The summed E-state index contributed by atoms with van der Waals surface area (Å²) in [6.45, 7) is 4.02. The number of rotatable bonds is 6. The number of hydrogen-bond donors (Lipinski definition) is 2. The summed E-state index contributed by atoms with van der Waals surface area (Å²) >= 11 is 0. The second-order valence-corrected chi connectivity index (χ2v) is 6.14. The molecule has 2 aromatic rings. The van der Waals surface area contributed by atoms with Crippen LogP contribution >= 0.6 is 0 Å². The highest BCUT2D eigenvalue weighted by Gasteiger charge is 2.28. The second kappa shape index (κ2) is 7.45. The molecule has 2 aromatic carbocycles. The highest BCUT2D eigenvalue weighted by Crippen LogP contribution is 2.22. The number of carbonyl (C=O) groups is 1. The van der Waals surface area contributed by atoms with Crippen molar-refractivity contribution >= 4 is 11.6 Å². The molecular weight excluding hydrogens is 307 g/mol. The van der Waals surface area contributed by atoms with E-state index in [0.29, 0.717) is 17.4 Å². The van der Waals surface area contributed by atoms with Crippen LogP contribution in [0.15, 0.2) is 48.5 Å². The Bertz CT molecular complexity index is 716. The Balaban J connectivity index is 1.58. The van der Waals surface area contributed by atoms with Crippen LogP contribution in [0.2, 0.25) is 0 Å². The average molecular weight is 328 g/mol. The van der Waals surface area contributed by atoms with Gasteiger partial charge in [-0.15, -0.1) is 0 Å². The molecule has 0 bridgehead atoms. The summed E-state index contributed by atoms with van der Waals surface area (Å²) < 4.78 is 18.8. The van der Waals surface area contributed by atoms with Crippen LogP contribution in [0, 0.1) is 17.7 Å². The molecule has 0 spiro atoms. The van der Waals surface area contributed by atoms with Gasteiger partial charge in [-0.2, -0.15) is 0 Å². The van der Waals surface area contributed by atoms with E-state index >= 15 is 0 Å². The van der Waals surface area contributed by atoms with E-state index in [2.05, 4.69) is 10.6 Å². The van der Waals surface area contributed by atoms with Crippen LogP contribution in [0.1, 0.15) is 12.5 Å². The summed E-state index contributed by atoms with van der Waals surface area (Å²) in [5, 5.41) is 6.11. The number of amides is 1. The SMILES string of the molecule is CC(C(=O)Nc1cccc(OCc2cccc(F)c2)c1)C1CNC1. The number of nitrogens with one attached hydrogen (secondary N) is 2. The van der Waals surface area contributed by atoms with Gasteiger partial charge in [0, 0.05) is 17.7 Å². The molecule has 0 aliphatic carbocycles. The molecule has 1 aliphatic rings.